The van der Waals surface area contributed by atoms with E-state index in [2.05, 4.69) is 19.2 Å². The van der Waals surface area contributed by atoms with Crippen molar-refractivity contribution in [1.29, 1.82) is 0 Å². The lowest BCUT2D eigenvalue weighted by atomic mass is 9.98. The van der Waals surface area contributed by atoms with Crippen LogP contribution in [-0.4, -0.2) is 29.0 Å². The number of aromatic nitrogens is 1. The number of ether oxygens (including phenoxy) is 1. The van der Waals surface area contributed by atoms with Gasteiger partial charge in [-0.3, -0.25) is 14.9 Å². The zero-order chi connectivity index (χ0) is 24.1. The summed E-state index contributed by atoms with van der Waals surface area (Å²) in [6.45, 7) is 5.17. The molecule has 1 fully saturated rings. The number of benzene rings is 2. The molecule has 0 bridgehead atoms. The molecule has 2 aromatic carbocycles. The van der Waals surface area contributed by atoms with Crippen LogP contribution < -0.4 is 15.0 Å². The predicted molar refractivity (Wildman–Crippen MR) is 131 cm³/mol. The fourth-order valence-electron chi connectivity index (χ4n) is 3.77. The first kappa shape index (κ1) is 23.0. The van der Waals surface area contributed by atoms with Crippen LogP contribution in [0.1, 0.15) is 37.4 Å². The van der Waals surface area contributed by atoms with Gasteiger partial charge in [-0.2, -0.15) is 0 Å². The van der Waals surface area contributed by atoms with Gasteiger partial charge in [0, 0.05) is 11.9 Å². The molecule has 1 aliphatic heterocycles. The van der Waals surface area contributed by atoms with Crippen LogP contribution in [0.3, 0.4) is 0 Å². The lowest BCUT2D eigenvalue weighted by molar-refractivity contribution is -0.122. The number of hydrogen-bond acceptors (Lipinski definition) is 4. The van der Waals surface area contributed by atoms with Crippen LogP contribution in [0.15, 0.2) is 78.5 Å². The number of carbonyl (C=O) groups is 3. The van der Waals surface area contributed by atoms with Crippen molar-refractivity contribution in [2.45, 2.75) is 32.7 Å². The first-order valence-electron chi connectivity index (χ1n) is 11.3. The molecule has 7 nitrogen and oxygen atoms in total. The van der Waals surface area contributed by atoms with E-state index in [9.17, 15) is 14.4 Å². The van der Waals surface area contributed by atoms with Crippen LogP contribution in [0, 0.1) is 0 Å². The number of urea groups is 1. The Morgan fingerprint density at radius 1 is 0.971 bits per heavy atom. The summed E-state index contributed by atoms with van der Waals surface area (Å²) in [6.07, 6.45) is 4.34. The van der Waals surface area contributed by atoms with E-state index in [0.29, 0.717) is 30.5 Å². The normalized spacial score (nSPS) is 16.0. The monoisotopic (exact) mass is 457 g/mol. The summed E-state index contributed by atoms with van der Waals surface area (Å²) in [7, 11) is 0. The standard InChI is InChI=1S/C27H27N3O4/c1-3-19(2)20-11-13-21(14-12-20)30-26(32)24(25(31)28-27(30)33)18-22-8-7-15-29(22)16-17-34-23-9-5-4-6-10-23/h4-15,18-19H,3,16-17H2,1-2H3,(H,28,31,33)/b24-18-. The fourth-order valence-corrected chi connectivity index (χ4v) is 3.77. The molecule has 1 aromatic heterocycles. The van der Waals surface area contributed by atoms with Crippen LogP contribution in [0.4, 0.5) is 10.5 Å². The van der Waals surface area contributed by atoms with Gasteiger partial charge in [0.1, 0.15) is 17.9 Å². The minimum absolute atomic E-state index is 0.102. The number of para-hydroxylation sites is 1. The molecule has 174 valence electrons. The largest absolute Gasteiger partial charge is 0.492 e. The van der Waals surface area contributed by atoms with Gasteiger partial charge in [-0.25, -0.2) is 9.69 Å². The van der Waals surface area contributed by atoms with Gasteiger partial charge in [0.25, 0.3) is 11.8 Å². The third-order valence-corrected chi connectivity index (χ3v) is 5.94. The van der Waals surface area contributed by atoms with E-state index in [-0.39, 0.29) is 5.57 Å². The Labute approximate surface area is 198 Å². The second-order valence-electron chi connectivity index (χ2n) is 8.15. The van der Waals surface area contributed by atoms with Gasteiger partial charge in [0.05, 0.1) is 12.2 Å². The van der Waals surface area contributed by atoms with Gasteiger partial charge in [0.2, 0.25) is 0 Å². The molecule has 1 atom stereocenters. The van der Waals surface area contributed by atoms with Crippen molar-refractivity contribution in [1.82, 2.24) is 9.88 Å². The zero-order valence-corrected chi connectivity index (χ0v) is 19.2. The van der Waals surface area contributed by atoms with Crippen molar-refractivity contribution < 1.29 is 19.1 Å². The minimum atomic E-state index is -0.755. The van der Waals surface area contributed by atoms with Crippen LogP contribution in [0.5, 0.6) is 5.75 Å². The highest BCUT2D eigenvalue weighted by Gasteiger charge is 2.37. The van der Waals surface area contributed by atoms with Crippen LogP contribution in [0.25, 0.3) is 6.08 Å². The van der Waals surface area contributed by atoms with Crippen molar-refractivity contribution in [2.24, 2.45) is 0 Å². The molecule has 4 rings (SSSR count). The van der Waals surface area contributed by atoms with Crippen molar-refractivity contribution in [3.8, 4) is 5.75 Å². The van der Waals surface area contributed by atoms with E-state index in [1.54, 1.807) is 18.2 Å². The maximum Gasteiger partial charge on any atom is 0.335 e. The Hall–Kier alpha value is -4.13. The molecule has 1 saturated heterocycles. The average Bonchev–Trinajstić information content (AvgIpc) is 3.29. The quantitative estimate of drug-likeness (QED) is 0.391. The Kier molecular flexibility index (Phi) is 6.92. The molecule has 0 radical (unpaired) electrons. The minimum Gasteiger partial charge on any atom is -0.492 e. The second-order valence-corrected chi connectivity index (χ2v) is 8.15. The predicted octanol–water partition coefficient (Wildman–Crippen LogP) is 4.75. The Morgan fingerprint density at radius 3 is 2.41 bits per heavy atom. The molecule has 0 saturated carbocycles. The maximum absolute atomic E-state index is 13.2. The molecule has 2 heterocycles. The number of imide groups is 2. The van der Waals surface area contributed by atoms with Crippen molar-refractivity contribution in [2.75, 3.05) is 11.5 Å². The molecule has 3 aromatic rings. The number of hydrogen-bond donors (Lipinski definition) is 1. The summed E-state index contributed by atoms with van der Waals surface area (Å²) in [5.41, 5.74) is 2.10. The highest BCUT2D eigenvalue weighted by molar-refractivity contribution is 6.39. The van der Waals surface area contributed by atoms with E-state index >= 15 is 0 Å². The molecule has 0 aliphatic carbocycles. The van der Waals surface area contributed by atoms with Crippen LogP contribution >= 0.6 is 0 Å². The molecular formula is C27H27N3O4. The fraction of sp³-hybridized carbons (Fsp3) is 0.222. The summed E-state index contributed by atoms with van der Waals surface area (Å²) in [6, 6.07) is 19.6. The van der Waals surface area contributed by atoms with E-state index in [4.69, 9.17) is 4.74 Å². The number of barbiturate groups is 1. The van der Waals surface area contributed by atoms with E-state index in [1.165, 1.54) is 6.08 Å². The van der Waals surface area contributed by atoms with Gasteiger partial charge in [-0.05, 0) is 60.4 Å². The molecule has 34 heavy (non-hydrogen) atoms. The summed E-state index contributed by atoms with van der Waals surface area (Å²) < 4.78 is 7.64. The maximum atomic E-state index is 13.2. The van der Waals surface area contributed by atoms with Crippen LogP contribution in [0.2, 0.25) is 0 Å². The third kappa shape index (κ3) is 4.93. The lowest BCUT2D eigenvalue weighted by Gasteiger charge is -2.26. The molecule has 1 aliphatic rings. The highest BCUT2D eigenvalue weighted by Crippen LogP contribution is 2.25. The number of anilines is 1. The summed E-state index contributed by atoms with van der Waals surface area (Å²) in [5, 5.41) is 2.28. The van der Waals surface area contributed by atoms with E-state index < -0.39 is 17.8 Å². The first-order chi connectivity index (χ1) is 16.5. The van der Waals surface area contributed by atoms with Gasteiger partial charge in [-0.15, -0.1) is 0 Å². The highest BCUT2D eigenvalue weighted by atomic mass is 16.5. The van der Waals surface area contributed by atoms with Crippen LogP contribution in [-0.2, 0) is 16.1 Å². The van der Waals surface area contributed by atoms with Crippen molar-refractivity contribution in [3.63, 3.8) is 0 Å². The number of nitrogens with zero attached hydrogens (tertiary/aromatic N) is 2. The first-order valence-corrected chi connectivity index (χ1v) is 11.3. The number of nitrogens with one attached hydrogen (secondary N) is 1. The summed E-state index contributed by atoms with van der Waals surface area (Å²) in [5.74, 6) is -0.227. The zero-order valence-electron chi connectivity index (χ0n) is 19.2. The SMILES string of the molecule is CCC(C)c1ccc(N2C(=O)NC(=O)/C(=C/c3cccn3CCOc3ccccc3)C2=O)cc1. The molecular weight excluding hydrogens is 430 g/mol. The average molecular weight is 458 g/mol. The van der Waals surface area contributed by atoms with E-state index in [0.717, 1.165) is 22.6 Å². The third-order valence-electron chi connectivity index (χ3n) is 5.94. The number of amides is 4. The molecule has 1 N–H and O–H groups in total. The summed E-state index contributed by atoms with van der Waals surface area (Å²) in [4.78, 5) is 39.2. The van der Waals surface area contributed by atoms with Crippen molar-refractivity contribution in [3.05, 3.63) is 89.8 Å². The van der Waals surface area contributed by atoms with Gasteiger partial charge in [-0.1, -0.05) is 44.2 Å². The number of rotatable bonds is 8. The smallest absolute Gasteiger partial charge is 0.335 e. The summed E-state index contributed by atoms with van der Waals surface area (Å²) >= 11 is 0. The van der Waals surface area contributed by atoms with E-state index in [1.807, 2.05) is 59.3 Å². The molecule has 7 heteroatoms. The Bertz CT molecular complexity index is 1210. The van der Waals surface area contributed by atoms with Gasteiger partial charge in [0.15, 0.2) is 0 Å². The topological polar surface area (TPSA) is 80.6 Å². The van der Waals surface area contributed by atoms with Crippen molar-refractivity contribution >= 4 is 29.6 Å². The van der Waals surface area contributed by atoms with Gasteiger partial charge >= 0.3 is 6.03 Å². The van der Waals surface area contributed by atoms with Gasteiger partial charge < -0.3 is 9.30 Å². The second kappa shape index (κ2) is 10.2. The Morgan fingerprint density at radius 2 is 1.71 bits per heavy atom. The lowest BCUT2D eigenvalue weighted by Crippen LogP contribution is -2.54. The molecule has 0 spiro atoms. The molecule has 4 amide bonds. The number of carbonyl (C=O) groups excluding carboxylic acids is 3. The molecule has 1 unspecified atom stereocenters. The Balaban J connectivity index is 1.53.